The van der Waals surface area contributed by atoms with Gasteiger partial charge < -0.3 is 20.1 Å². The van der Waals surface area contributed by atoms with Gasteiger partial charge in [-0.05, 0) is 6.92 Å². The van der Waals surface area contributed by atoms with Crippen molar-refractivity contribution in [1.29, 1.82) is 0 Å². The zero-order valence-electron chi connectivity index (χ0n) is 11.3. The number of thiazole rings is 1. The molecule has 2 atom stereocenters. The molecule has 2 heterocycles. The number of nitrogens with one attached hydrogen (secondary N) is 1. The van der Waals surface area contributed by atoms with E-state index in [9.17, 15) is 9.59 Å². The third-order valence-corrected chi connectivity index (χ3v) is 4.37. The molecule has 7 nitrogen and oxygen atoms in total. The number of carbonyl (C=O) groups is 2. The summed E-state index contributed by atoms with van der Waals surface area (Å²) in [4.78, 5) is 29.6. The number of hydrogen-bond acceptors (Lipinski definition) is 5. The Balaban J connectivity index is 1.92. The van der Waals surface area contributed by atoms with Crippen LogP contribution in [-0.2, 0) is 16.1 Å². The molecule has 0 spiro atoms. The molecule has 8 heteroatoms. The van der Waals surface area contributed by atoms with E-state index in [4.69, 9.17) is 9.84 Å². The number of carboxylic acids is 1. The lowest BCUT2D eigenvalue weighted by molar-refractivity contribution is -0.142. The molecule has 0 aromatic carbocycles. The molecule has 0 aliphatic carbocycles. The molecule has 2 N–H and O–H groups in total. The molecule has 1 saturated heterocycles. The molecule has 1 aromatic rings. The smallest absolute Gasteiger partial charge is 0.317 e. The van der Waals surface area contributed by atoms with E-state index in [-0.39, 0.29) is 19.2 Å². The summed E-state index contributed by atoms with van der Waals surface area (Å²) in [5.41, 5.74) is 2.62. The van der Waals surface area contributed by atoms with E-state index in [1.54, 1.807) is 12.6 Å². The first kappa shape index (κ1) is 14.7. The van der Waals surface area contributed by atoms with Crippen molar-refractivity contribution in [2.45, 2.75) is 19.5 Å². The van der Waals surface area contributed by atoms with Crippen LogP contribution in [0.1, 0.15) is 10.6 Å². The van der Waals surface area contributed by atoms with Crippen LogP contribution in [0, 0.1) is 12.8 Å². The molecule has 0 bridgehead atoms. The molecular weight excluding hydrogens is 282 g/mol. The van der Waals surface area contributed by atoms with E-state index in [2.05, 4.69) is 10.3 Å². The van der Waals surface area contributed by atoms with Gasteiger partial charge in [-0.2, -0.15) is 0 Å². The van der Waals surface area contributed by atoms with Crippen molar-refractivity contribution < 1.29 is 19.4 Å². The average molecular weight is 299 g/mol. The quantitative estimate of drug-likeness (QED) is 0.853. The molecular formula is C12H17N3O4S. The van der Waals surface area contributed by atoms with Gasteiger partial charge in [0.1, 0.15) is 5.92 Å². The topological polar surface area (TPSA) is 91.8 Å². The molecule has 1 fully saturated rings. The first-order valence-corrected chi connectivity index (χ1v) is 7.09. The summed E-state index contributed by atoms with van der Waals surface area (Å²) in [6.45, 7) is 2.67. The Morgan fingerprint density at radius 1 is 1.60 bits per heavy atom. The number of aryl methyl sites for hydroxylation is 1. The highest BCUT2D eigenvalue weighted by Crippen LogP contribution is 2.19. The number of rotatable bonds is 4. The van der Waals surface area contributed by atoms with Crippen molar-refractivity contribution in [3.63, 3.8) is 0 Å². The molecule has 1 aliphatic heterocycles. The fourth-order valence-electron chi connectivity index (χ4n) is 2.09. The molecule has 2 rings (SSSR count). The minimum Gasteiger partial charge on any atom is -0.481 e. The molecule has 0 saturated carbocycles. The molecule has 2 unspecified atom stereocenters. The second kappa shape index (κ2) is 6.19. The number of carbonyl (C=O) groups excluding carboxylic acids is 1. The van der Waals surface area contributed by atoms with Crippen LogP contribution in [-0.4, -0.2) is 53.3 Å². The number of ether oxygens (including phenoxy) is 1. The van der Waals surface area contributed by atoms with Crippen molar-refractivity contribution >= 4 is 23.3 Å². The highest BCUT2D eigenvalue weighted by atomic mass is 32.1. The van der Waals surface area contributed by atoms with Crippen LogP contribution in [0.3, 0.4) is 0 Å². The van der Waals surface area contributed by atoms with Crippen LogP contribution in [0.4, 0.5) is 4.79 Å². The highest BCUT2D eigenvalue weighted by molar-refractivity contribution is 7.09. The van der Waals surface area contributed by atoms with Gasteiger partial charge in [-0.15, -0.1) is 11.3 Å². The predicted molar refractivity (Wildman–Crippen MR) is 72.6 cm³/mol. The highest BCUT2D eigenvalue weighted by Gasteiger charge is 2.38. The van der Waals surface area contributed by atoms with Gasteiger partial charge in [0.25, 0.3) is 0 Å². The van der Waals surface area contributed by atoms with Crippen molar-refractivity contribution in [2.24, 2.45) is 5.92 Å². The first-order chi connectivity index (χ1) is 9.50. The minimum atomic E-state index is -0.939. The average Bonchev–Trinajstić information content (AvgIpc) is 3.03. The Morgan fingerprint density at radius 3 is 2.95 bits per heavy atom. The second-order valence-corrected chi connectivity index (χ2v) is 5.62. The summed E-state index contributed by atoms with van der Waals surface area (Å²) in [6.07, 6.45) is 0. The lowest BCUT2D eigenvalue weighted by atomic mass is 10.0. The summed E-state index contributed by atoms with van der Waals surface area (Å²) < 4.78 is 5.16. The summed E-state index contributed by atoms with van der Waals surface area (Å²) in [5.74, 6) is -1.61. The third-order valence-electron chi connectivity index (χ3n) is 3.43. The Kier molecular flexibility index (Phi) is 4.56. The Morgan fingerprint density at radius 2 is 2.35 bits per heavy atom. The van der Waals surface area contributed by atoms with Crippen LogP contribution in [0.5, 0.6) is 0 Å². The van der Waals surface area contributed by atoms with Crippen LogP contribution in [0.2, 0.25) is 0 Å². The number of carboxylic acid groups (broad SMARTS) is 1. The minimum absolute atomic E-state index is 0.144. The summed E-state index contributed by atoms with van der Waals surface area (Å²) >= 11 is 1.48. The van der Waals surface area contributed by atoms with E-state index in [1.165, 1.54) is 16.2 Å². The summed E-state index contributed by atoms with van der Waals surface area (Å²) in [7, 11) is 1.59. The van der Waals surface area contributed by atoms with Crippen molar-refractivity contribution in [3.8, 4) is 0 Å². The molecule has 20 heavy (non-hydrogen) atoms. The summed E-state index contributed by atoms with van der Waals surface area (Å²) in [5, 5.41) is 11.9. The van der Waals surface area contributed by atoms with Gasteiger partial charge in [0.2, 0.25) is 0 Å². The zero-order valence-corrected chi connectivity index (χ0v) is 12.1. The number of aliphatic carboxylic acids is 1. The fourth-order valence-corrected chi connectivity index (χ4v) is 2.80. The van der Waals surface area contributed by atoms with E-state index >= 15 is 0 Å². The SMILES string of the molecule is Cc1ncsc1CNC(=O)N(C)C1COCC1C(=O)O. The van der Waals surface area contributed by atoms with Gasteiger partial charge in [-0.3, -0.25) is 4.79 Å². The molecule has 1 aromatic heterocycles. The number of aromatic nitrogens is 1. The van der Waals surface area contributed by atoms with E-state index in [0.29, 0.717) is 6.54 Å². The lowest BCUT2D eigenvalue weighted by Crippen LogP contribution is -2.48. The first-order valence-electron chi connectivity index (χ1n) is 6.21. The van der Waals surface area contributed by atoms with Crippen LogP contribution < -0.4 is 5.32 Å². The maximum Gasteiger partial charge on any atom is 0.317 e. The number of urea groups is 1. The number of nitrogens with zero attached hydrogens (tertiary/aromatic N) is 2. The van der Waals surface area contributed by atoms with Gasteiger partial charge in [0, 0.05) is 11.9 Å². The number of amides is 2. The Hall–Kier alpha value is -1.67. The van der Waals surface area contributed by atoms with Gasteiger partial charge >= 0.3 is 12.0 Å². The number of likely N-dealkylation sites (N-methyl/N-ethyl adjacent to an activating group) is 1. The third kappa shape index (κ3) is 3.07. The van der Waals surface area contributed by atoms with E-state index in [1.807, 2.05) is 6.92 Å². The van der Waals surface area contributed by atoms with Crippen LogP contribution in [0.15, 0.2) is 5.51 Å². The van der Waals surface area contributed by atoms with Gasteiger partial charge in [-0.1, -0.05) is 0 Å². The van der Waals surface area contributed by atoms with Gasteiger partial charge in [-0.25, -0.2) is 9.78 Å². The van der Waals surface area contributed by atoms with Crippen molar-refractivity contribution in [3.05, 3.63) is 16.1 Å². The lowest BCUT2D eigenvalue weighted by Gasteiger charge is -2.26. The Bertz CT molecular complexity index is 505. The molecule has 110 valence electrons. The maximum absolute atomic E-state index is 12.1. The predicted octanol–water partition coefficient (Wildman–Crippen LogP) is 0.693. The molecule has 0 radical (unpaired) electrons. The van der Waals surface area contributed by atoms with Gasteiger partial charge in [0.15, 0.2) is 0 Å². The monoisotopic (exact) mass is 299 g/mol. The summed E-state index contributed by atoms with van der Waals surface area (Å²) in [6, 6.07) is -0.741. The van der Waals surface area contributed by atoms with E-state index < -0.39 is 17.9 Å². The van der Waals surface area contributed by atoms with Crippen LogP contribution in [0.25, 0.3) is 0 Å². The Labute approximate surface area is 120 Å². The fraction of sp³-hybridized carbons (Fsp3) is 0.583. The maximum atomic E-state index is 12.1. The molecule has 2 amide bonds. The second-order valence-electron chi connectivity index (χ2n) is 4.68. The zero-order chi connectivity index (χ0) is 14.7. The van der Waals surface area contributed by atoms with Crippen LogP contribution >= 0.6 is 11.3 Å². The largest absolute Gasteiger partial charge is 0.481 e. The standard InChI is InChI=1S/C12H17N3O4S/c1-7-10(20-6-14-7)3-13-12(18)15(2)9-5-19-4-8(9)11(16)17/h6,8-9H,3-5H2,1-2H3,(H,13,18)(H,16,17). The molecule has 1 aliphatic rings. The van der Waals surface area contributed by atoms with Crippen molar-refractivity contribution in [2.75, 3.05) is 20.3 Å². The van der Waals surface area contributed by atoms with Crippen molar-refractivity contribution in [1.82, 2.24) is 15.2 Å². The van der Waals surface area contributed by atoms with E-state index in [0.717, 1.165) is 10.6 Å². The van der Waals surface area contributed by atoms with Gasteiger partial charge in [0.05, 0.1) is 37.0 Å². The normalized spacial score (nSPS) is 21.7. The number of hydrogen-bond donors (Lipinski definition) is 2.